The number of nitrogens with zero attached hydrogens (tertiary/aromatic N) is 2. The van der Waals surface area contributed by atoms with Crippen molar-refractivity contribution in [2.45, 2.75) is 43.4 Å². The average molecular weight is 360 g/mol. The van der Waals surface area contributed by atoms with Gasteiger partial charge in [0.2, 0.25) is 0 Å². The SMILES string of the molecule is Cl.Cl.O=C(c1ccncc1)N1CCOC2(C[C@H]3CC[C@@H](C2)N3)C1. The second kappa shape index (κ2) is 7.34. The largest absolute Gasteiger partial charge is 0.371 e. The third-order valence-corrected chi connectivity index (χ3v) is 5.03. The van der Waals surface area contributed by atoms with E-state index in [1.54, 1.807) is 24.5 Å². The number of amides is 1. The summed E-state index contributed by atoms with van der Waals surface area (Å²) in [7, 11) is 0. The lowest BCUT2D eigenvalue weighted by Gasteiger charge is -2.47. The van der Waals surface area contributed by atoms with Crippen molar-refractivity contribution in [3.8, 4) is 0 Å². The van der Waals surface area contributed by atoms with Crippen LogP contribution in [-0.4, -0.2) is 53.2 Å². The fourth-order valence-corrected chi connectivity index (χ4v) is 4.15. The quantitative estimate of drug-likeness (QED) is 0.833. The van der Waals surface area contributed by atoms with Gasteiger partial charge in [-0.15, -0.1) is 24.8 Å². The van der Waals surface area contributed by atoms with Crippen molar-refractivity contribution in [1.82, 2.24) is 15.2 Å². The predicted molar refractivity (Wildman–Crippen MR) is 92.5 cm³/mol. The molecule has 3 saturated heterocycles. The summed E-state index contributed by atoms with van der Waals surface area (Å²) >= 11 is 0. The van der Waals surface area contributed by atoms with Gasteiger partial charge < -0.3 is 15.0 Å². The van der Waals surface area contributed by atoms with Crippen LogP contribution < -0.4 is 5.32 Å². The number of morpholine rings is 1. The maximum absolute atomic E-state index is 12.6. The minimum absolute atomic E-state index is 0. The minimum atomic E-state index is -0.127. The van der Waals surface area contributed by atoms with Crippen LogP contribution in [0.15, 0.2) is 24.5 Å². The Morgan fingerprint density at radius 2 is 1.87 bits per heavy atom. The van der Waals surface area contributed by atoms with Crippen molar-refractivity contribution in [3.63, 3.8) is 0 Å². The van der Waals surface area contributed by atoms with E-state index < -0.39 is 0 Å². The van der Waals surface area contributed by atoms with Crippen LogP contribution in [0.1, 0.15) is 36.0 Å². The highest BCUT2D eigenvalue weighted by Gasteiger charge is 2.47. The standard InChI is InChI=1S/C16H21N3O2.2ClH/c20-15(12-3-5-17-6-4-12)19-7-8-21-16(11-19)9-13-1-2-14(10-16)18-13;;/h3-6,13-14,18H,1-2,7-11H2;2*1H/t13-,14+,16?;;. The van der Waals surface area contributed by atoms with Gasteiger partial charge in [0, 0.05) is 36.6 Å². The zero-order valence-corrected chi connectivity index (χ0v) is 14.6. The number of fused-ring (bicyclic) bond motifs is 2. The second-order valence-corrected chi connectivity index (χ2v) is 6.54. The van der Waals surface area contributed by atoms with Gasteiger partial charge in [-0.2, -0.15) is 0 Å². The van der Waals surface area contributed by atoms with Crippen molar-refractivity contribution in [3.05, 3.63) is 30.1 Å². The maximum Gasteiger partial charge on any atom is 0.254 e. The highest BCUT2D eigenvalue weighted by atomic mass is 35.5. The van der Waals surface area contributed by atoms with Crippen LogP contribution in [0.2, 0.25) is 0 Å². The summed E-state index contributed by atoms with van der Waals surface area (Å²) < 4.78 is 6.16. The highest BCUT2D eigenvalue weighted by molar-refractivity contribution is 5.94. The van der Waals surface area contributed by atoms with Gasteiger partial charge in [0.1, 0.15) is 0 Å². The number of halogens is 2. The van der Waals surface area contributed by atoms with Gasteiger partial charge in [0.15, 0.2) is 0 Å². The van der Waals surface area contributed by atoms with Gasteiger partial charge in [0.25, 0.3) is 5.91 Å². The molecule has 1 aromatic rings. The molecule has 3 fully saturated rings. The lowest BCUT2D eigenvalue weighted by Crippen LogP contribution is -2.60. The van der Waals surface area contributed by atoms with Crippen LogP contribution in [0.25, 0.3) is 0 Å². The first-order valence-corrected chi connectivity index (χ1v) is 7.83. The average Bonchev–Trinajstić information content (AvgIpc) is 2.87. The molecule has 5 nitrogen and oxygen atoms in total. The topological polar surface area (TPSA) is 54.5 Å². The molecule has 0 saturated carbocycles. The molecule has 23 heavy (non-hydrogen) atoms. The molecule has 3 aliphatic rings. The Balaban J connectivity index is 0.000000960. The molecule has 1 aromatic heterocycles. The highest BCUT2D eigenvalue weighted by Crippen LogP contribution is 2.38. The van der Waals surface area contributed by atoms with Gasteiger partial charge in [-0.05, 0) is 37.8 Å². The Bertz CT molecular complexity index is 531. The molecular weight excluding hydrogens is 337 g/mol. The number of hydrogen-bond acceptors (Lipinski definition) is 4. The number of rotatable bonds is 1. The van der Waals surface area contributed by atoms with Crippen molar-refractivity contribution in [1.29, 1.82) is 0 Å². The first-order valence-electron chi connectivity index (χ1n) is 7.83. The van der Waals surface area contributed by atoms with Crippen LogP contribution in [0.3, 0.4) is 0 Å². The lowest BCUT2D eigenvalue weighted by molar-refractivity contribution is -0.122. The fraction of sp³-hybridized carbons (Fsp3) is 0.625. The Morgan fingerprint density at radius 1 is 1.22 bits per heavy atom. The number of carbonyl (C=O) groups is 1. The number of pyridine rings is 1. The van der Waals surface area contributed by atoms with E-state index in [1.165, 1.54) is 12.8 Å². The molecule has 4 heterocycles. The molecule has 0 radical (unpaired) electrons. The molecule has 128 valence electrons. The van der Waals surface area contributed by atoms with E-state index in [2.05, 4.69) is 10.3 Å². The van der Waals surface area contributed by atoms with E-state index in [4.69, 9.17) is 4.74 Å². The molecule has 0 aromatic carbocycles. The second-order valence-electron chi connectivity index (χ2n) is 6.54. The fourth-order valence-electron chi connectivity index (χ4n) is 4.15. The van der Waals surface area contributed by atoms with Gasteiger partial charge in [0.05, 0.1) is 18.8 Å². The predicted octanol–water partition coefficient (Wildman–Crippen LogP) is 2.05. The monoisotopic (exact) mass is 359 g/mol. The smallest absolute Gasteiger partial charge is 0.254 e. The van der Waals surface area contributed by atoms with Crippen LogP contribution in [0, 0.1) is 0 Å². The normalized spacial score (nSPS) is 32.1. The molecule has 3 aliphatic heterocycles. The summed E-state index contributed by atoms with van der Waals surface area (Å²) in [6.45, 7) is 2.06. The van der Waals surface area contributed by atoms with Crippen molar-refractivity contribution in [2.24, 2.45) is 0 Å². The Morgan fingerprint density at radius 3 is 2.52 bits per heavy atom. The molecule has 1 spiro atoms. The van der Waals surface area contributed by atoms with Crippen LogP contribution in [0.4, 0.5) is 0 Å². The van der Waals surface area contributed by atoms with Crippen molar-refractivity contribution in [2.75, 3.05) is 19.7 Å². The summed E-state index contributed by atoms with van der Waals surface area (Å²) in [5.74, 6) is 0.103. The number of carbonyl (C=O) groups excluding carboxylic acids is 1. The molecule has 1 unspecified atom stereocenters. The number of aromatic nitrogens is 1. The molecule has 0 aliphatic carbocycles. The molecule has 2 bridgehead atoms. The first kappa shape index (κ1) is 18.5. The first-order chi connectivity index (χ1) is 10.2. The number of piperidine rings is 1. The summed E-state index contributed by atoms with van der Waals surface area (Å²) in [4.78, 5) is 18.6. The van der Waals surface area contributed by atoms with E-state index in [-0.39, 0.29) is 36.3 Å². The molecular formula is C16H23Cl2N3O2. The van der Waals surface area contributed by atoms with Gasteiger partial charge >= 0.3 is 0 Å². The zero-order chi connectivity index (χ0) is 14.3. The Labute approximate surface area is 149 Å². The van der Waals surface area contributed by atoms with Crippen molar-refractivity contribution < 1.29 is 9.53 Å². The summed E-state index contributed by atoms with van der Waals surface area (Å²) in [6, 6.07) is 4.71. The van der Waals surface area contributed by atoms with Gasteiger partial charge in [-0.1, -0.05) is 0 Å². The van der Waals surface area contributed by atoms with Crippen LogP contribution in [-0.2, 0) is 4.74 Å². The summed E-state index contributed by atoms with van der Waals surface area (Å²) in [6.07, 6.45) is 7.90. The Kier molecular flexibility index (Phi) is 5.89. The summed E-state index contributed by atoms with van der Waals surface area (Å²) in [5.41, 5.74) is 0.594. The summed E-state index contributed by atoms with van der Waals surface area (Å²) in [5, 5.41) is 3.65. The van der Waals surface area contributed by atoms with E-state index in [1.807, 2.05) is 4.90 Å². The number of ether oxygens (including phenoxy) is 1. The molecule has 7 heteroatoms. The van der Waals surface area contributed by atoms with Gasteiger partial charge in [-0.25, -0.2) is 0 Å². The van der Waals surface area contributed by atoms with E-state index >= 15 is 0 Å². The van der Waals surface area contributed by atoms with Crippen molar-refractivity contribution >= 4 is 30.7 Å². The molecule has 3 atom stereocenters. The zero-order valence-electron chi connectivity index (χ0n) is 12.9. The molecule has 1 amide bonds. The Hall–Kier alpha value is -0.880. The maximum atomic E-state index is 12.6. The lowest BCUT2D eigenvalue weighted by atomic mass is 9.85. The van der Waals surface area contributed by atoms with Crippen LogP contribution >= 0.6 is 24.8 Å². The van der Waals surface area contributed by atoms with E-state index in [9.17, 15) is 4.79 Å². The van der Waals surface area contributed by atoms with E-state index in [0.29, 0.717) is 25.2 Å². The molecule has 1 N–H and O–H groups in total. The molecule has 4 rings (SSSR count). The van der Waals surface area contributed by atoms with Gasteiger partial charge in [-0.3, -0.25) is 9.78 Å². The third-order valence-electron chi connectivity index (χ3n) is 5.03. The number of nitrogens with one attached hydrogen (secondary N) is 1. The minimum Gasteiger partial charge on any atom is -0.371 e. The third kappa shape index (κ3) is 3.63. The van der Waals surface area contributed by atoms with E-state index in [0.717, 1.165) is 24.9 Å². The van der Waals surface area contributed by atoms with Crippen LogP contribution in [0.5, 0.6) is 0 Å². The number of hydrogen-bond donors (Lipinski definition) is 1.